The van der Waals surface area contributed by atoms with Crippen LogP contribution in [0.25, 0.3) is 0 Å². The predicted octanol–water partition coefficient (Wildman–Crippen LogP) is 2.85. The number of hydrogen-bond donors (Lipinski definition) is 1. The van der Waals surface area contributed by atoms with Crippen molar-refractivity contribution in [2.24, 2.45) is 7.05 Å². The molecule has 7 nitrogen and oxygen atoms in total. The molecular weight excluding hydrogens is 315 g/mol. The van der Waals surface area contributed by atoms with E-state index < -0.39 is 22.3 Å². The maximum Gasteiger partial charge on any atom is 0.306 e. The number of nitrogens with one attached hydrogen (secondary N) is 1. The average Bonchev–Trinajstić information content (AvgIpc) is 2.76. The SMILES string of the molecule is Cn1cc([N+](=O)[O-])c(Cl)c1C(=O)Nc1ccc(F)c(C#N)c1. The molecule has 112 valence electrons. The zero-order chi connectivity index (χ0) is 16.4. The number of anilines is 1. The van der Waals surface area contributed by atoms with Gasteiger partial charge in [0.05, 0.1) is 16.7 Å². The molecule has 0 radical (unpaired) electrons. The number of nitriles is 1. The standard InChI is InChI=1S/C13H8ClFN4O3/c1-18-6-10(19(21)22)11(14)12(18)13(20)17-8-2-3-9(15)7(4-8)5-16/h2-4,6H,1H3,(H,17,20). The Bertz CT molecular complexity index is 825. The molecule has 0 atom stereocenters. The van der Waals surface area contributed by atoms with Crippen LogP contribution in [0.1, 0.15) is 16.1 Å². The molecule has 0 aliphatic heterocycles. The van der Waals surface area contributed by atoms with Gasteiger partial charge in [-0.05, 0) is 18.2 Å². The van der Waals surface area contributed by atoms with Crippen molar-refractivity contribution in [3.8, 4) is 6.07 Å². The van der Waals surface area contributed by atoms with Gasteiger partial charge in [-0.2, -0.15) is 5.26 Å². The van der Waals surface area contributed by atoms with Gasteiger partial charge in [0.1, 0.15) is 22.6 Å². The molecule has 1 N–H and O–H groups in total. The lowest BCUT2D eigenvalue weighted by atomic mass is 10.2. The Labute approximate surface area is 128 Å². The van der Waals surface area contributed by atoms with E-state index in [1.165, 1.54) is 17.7 Å². The topological polar surface area (TPSA) is 101 Å². The van der Waals surface area contributed by atoms with E-state index in [0.717, 1.165) is 18.3 Å². The molecule has 1 amide bonds. The summed E-state index contributed by atoms with van der Waals surface area (Å²) in [4.78, 5) is 22.2. The Morgan fingerprint density at radius 2 is 2.23 bits per heavy atom. The molecule has 2 aromatic rings. The zero-order valence-electron chi connectivity index (χ0n) is 11.1. The van der Waals surface area contributed by atoms with Gasteiger partial charge in [-0.25, -0.2) is 4.39 Å². The summed E-state index contributed by atoms with van der Waals surface area (Å²) in [7, 11) is 1.43. The van der Waals surface area contributed by atoms with E-state index in [4.69, 9.17) is 16.9 Å². The molecule has 22 heavy (non-hydrogen) atoms. The second kappa shape index (κ2) is 5.83. The molecule has 0 aliphatic rings. The number of aromatic nitrogens is 1. The minimum absolute atomic E-state index is 0.115. The molecular formula is C13H8ClFN4O3. The van der Waals surface area contributed by atoms with Gasteiger partial charge in [0.15, 0.2) is 0 Å². The van der Waals surface area contributed by atoms with Crippen molar-refractivity contribution in [3.63, 3.8) is 0 Å². The summed E-state index contributed by atoms with van der Waals surface area (Å²) in [5.74, 6) is -1.43. The highest BCUT2D eigenvalue weighted by Gasteiger charge is 2.25. The molecule has 0 fully saturated rings. The maximum atomic E-state index is 13.2. The summed E-state index contributed by atoms with van der Waals surface area (Å²) < 4.78 is 14.4. The van der Waals surface area contributed by atoms with E-state index in [-0.39, 0.29) is 22.0 Å². The van der Waals surface area contributed by atoms with Gasteiger partial charge in [-0.15, -0.1) is 0 Å². The summed E-state index contributed by atoms with van der Waals surface area (Å²) in [5, 5.41) is 21.6. The number of carbonyl (C=O) groups is 1. The van der Waals surface area contributed by atoms with Gasteiger partial charge in [0.25, 0.3) is 5.91 Å². The number of hydrogen-bond acceptors (Lipinski definition) is 4. The predicted molar refractivity (Wildman–Crippen MR) is 76.1 cm³/mol. The van der Waals surface area contributed by atoms with Crippen molar-refractivity contribution in [3.05, 3.63) is 56.6 Å². The number of rotatable bonds is 3. The van der Waals surface area contributed by atoms with Crippen LogP contribution in [-0.2, 0) is 7.05 Å². The number of carbonyl (C=O) groups excluding carboxylic acids is 1. The summed E-state index contributed by atoms with van der Waals surface area (Å²) in [6.07, 6.45) is 1.11. The van der Waals surface area contributed by atoms with Crippen LogP contribution in [-0.4, -0.2) is 15.4 Å². The molecule has 0 unspecified atom stereocenters. The van der Waals surface area contributed by atoms with Crippen LogP contribution < -0.4 is 5.32 Å². The van der Waals surface area contributed by atoms with E-state index in [1.54, 1.807) is 6.07 Å². The molecule has 1 aromatic heterocycles. The number of halogens is 2. The Morgan fingerprint density at radius 1 is 1.55 bits per heavy atom. The molecule has 0 saturated heterocycles. The van der Waals surface area contributed by atoms with Crippen molar-refractivity contribution in [2.45, 2.75) is 0 Å². The second-order valence-electron chi connectivity index (χ2n) is 4.31. The second-order valence-corrected chi connectivity index (χ2v) is 4.68. The normalized spacial score (nSPS) is 10.1. The summed E-state index contributed by atoms with van der Waals surface area (Å²) >= 11 is 5.83. The van der Waals surface area contributed by atoms with Crippen molar-refractivity contribution >= 4 is 28.9 Å². The lowest BCUT2D eigenvalue weighted by Gasteiger charge is -2.07. The van der Waals surface area contributed by atoms with Crippen LogP contribution in [0, 0.1) is 27.3 Å². The van der Waals surface area contributed by atoms with Crippen LogP contribution >= 0.6 is 11.6 Å². The highest BCUT2D eigenvalue weighted by atomic mass is 35.5. The molecule has 1 aromatic carbocycles. The van der Waals surface area contributed by atoms with Crippen molar-refractivity contribution in [1.82, 2.24) is 4.57 Å². The molecule has 0 saturated carbocycles. The summed E-state index contributed by atoms with van der Waals surface area (Å²) in [6.45, 7) is 0. The molecule has 9 heteroatoms. The molecule has 1 heterocycles. The van der Waals surface area contributed by atoms with Gasteiger partial charge in [0.2, 0.25) is 0 Å². The molecule has 0 bridgehead atoms. The van der Waals surface area contributed by atoms with Crippen LogP contribution in [0.15, 0.2) is 24.4 Å². The van der Waals surface area contributed by atoms with E-state index in [0.29, 0.717) is 0 Å². The lowest BCUT2D eigenvalue weighted by molar-refractivity contribution is -0.384. The first-order valence-corrected chi connectivity index (χ1v) is 6.23. The maximum absolute atomic E-state index is 13.2. The molecule has 2 rings (SSSR count). The van der Waals surface area contributed by atoms with E-state index >= 15 is 0 Å². The average molecular weight is 323 g/mol. The first kappa shape index (κ1) is 15.5. The first-order chi connectivity index (χ1) is 10.3. The zero-order valence-corrected chi connectivity index (χ0v) is 11.9. The van der Waals surface area contributed by atoms with Gasteiger partial charge in [-0.1, -0.05) is 11.6 Å². The Morgan fingerprint density at radius 3 is 2.77 bits per heavy atom. The third-order valence-corrected chi connectivity index (χ3v) is 3.23. The number of amides is 1. The first-order valence-electron chi connectivity index (χ1n) is 5.85. The number of benzene rings is 1. The minimum Gasteiger partial charge on any atom is -0.339 e. The Hall–Kier alpha value is -2.92. The van der Waals surface area contributed by atoms with Gasteiger partial charge < -0.3 is 9.88 Å². The summed E-state index contributed by atoms with van der Waals surface area (Å²) in [6, 6.07) is 5.09. The number of nitro groups is 1. The Balaban J connectivity index is 2.35. The largest absolute Gasteiger partial charge is 0.339 e. The van der Waals surface area contributed by atoms with E-state index in [9.17, 15) is 19.3 Å². The van der Waals surface area contributed by atoms with Crippen LogP contribution in [0.2, 0.25) is 5.02 Å². The van der Waals surface area contributed by atoms with Gasteiger partial charge in [-0.3, -0.25) is 14.9 Å². The third kappa shape index (κ3) is 2.75. The third-order valence-electron chi connectivity index (χ3n) is 2.86. The van der Waals surface area contributed by atoms with Gasteiger partial charge >= 0.3 is 5.69 Å². The fraction of sp³-hybridized carbons (Fsp3) is 0.0769. The van der Waals surface area contributed by atoms with E-state index in [1.807, 2.05) is 0 Å². The molecule has 0 aliphatic carbocycles. The monoisotopic (exact) mass is 322 g/mol. The fourth-order valence-electron chi connectivity index (χ4n) is 1.85. The number of aryl methyl sites for hydroxylation is 1. The number of nitrogens with zero attached hydrogens (tertiary/aromatic N) is 3. The molecule has 0 spiro atoms. The highest BCUT2D eigenvalue weighted by molar-refractivity contribution is 6.36. The van der Waals surface area contributed by atoms with Gasteiger partial charge in [0, 0.05) is 12.7 Å². The lowest BCUT2D eigenvalue weighted by Crippen LogP contribution is -2.16. The smallest absolute Gasteiger partial charge is 0.306 e. The quantitative estimate of drug-likeness (QED) is 0.693. The van der Waals surface area contributed by atoms with Crippen LogP contribution in [0.5, 0.6) is 0 Å². The highest BCUT2D eigenvalue weighted by Crippen LogP contribution is 2.30. The van der Waals surface area contributed by atoms with Crippen LogP contribution in [0.3, 0.4) is 0 Å². The van der Waals surface area contributed by atoms with E-state index in [2.05, 4.69) is 5.32 Å². The minimum atomic E-state index is -0.715. The van der Waals surface area contributed by atoms with Crippen LogP contribution in [0.4, 0.5) is 15.8 Å². The van der Waals surface area contributed by atoms with Crippen molar-refractivity contribution in [2.75, 3.05) is 5.32 Å². The summed E-state index contributed by atoms with van der Waals surface area (Å²) in [5.41, 5.74) is -0.577. The van der Waals surface area contributed by atoms with Crippen molar-refractivity contribution < 1.29 is 14.1 Å². The van der Waals surface area contributed by atoms with Crippen molar-refractivity contribution in [1.29, 1.82) is 5.26 Å². The fourth-order valence-corrected chi connectivity index (χ4v) is 2.18. The Kier molecular flexibility index (Phi) is 4.10.